The number of likely N-dealkylation sites (tertiary alicyclic amines) is 1. The van der Waals surface area contributed by atoms with Gasteiger partial charge in [0.15, 0.2) is 11.6 Å². The van der Waals surface area contributed by atoms with Gasteiger partial charge in [-0.15, -0.1) is 11.3 Å². The van der Waals surface area contributed by atoms with E-state index in [9.17, 15) is 19.5 Å². The monoisotopic (exact) mass is 640 g/mol. The minimum Gasteiger partial charge on any atom is -0.508 e. The van der Waals surface area contributed by atoms with Crippen LogP contribution < -0.4 is 5.32 Å². The summed E-state index contributed by atoms with van der Waals surface area (Å²) in [6, 6.07) is 16.6. The molecule has 0 bridgehead atoms. The first-order chi connectivity index (χ1) is 21.7. The Labute approximate surface area is 273 Å². The lowest BCUT2D eigenvalue weighted by Gasteiger charge is -2.41. The number of nitrogens with one attached hydrogen (secondary N) is 1. The van der Waals surface area contributed by atoms with E-state index in [4.69, 9.17) is 4.74 Å². The average molecular weight is 641 g/mol. The molecule has 2 N–H and O–H groups in total. The van der Waals surface area contributed by atoms with Crippen molar-refractivity contribution < 1.29 is 24.2 Å². The lowest BCUT2D eigenvalue weighted by molar-refractivity contribution is -0.130. The van der Waals surface area contributed by atoms with Crippen LogP contribution in [0.4, 0.5) is 4.79 Å². The van der Waals surface area contributed by atoms with Gasteiger partial charge in [-0.3, -0.25) is 14.5 Å². The smallest absolute Gasteiger partial charge is 0.410 e. The van der Waals surface area contributed by atoms with Crippen molar-refractivity contribution in [2.45, 2.75) is 77.5 Å². The van der Waals surface area contributed by atoms with Crippen LogP contribution in [0.3, 0.4) is 0 Å². The van der Waals surface area contributed by atoms with Gasteiger partial charge in [0.1, 0.15) is 11.4 Å². The normalized spacial score (nSPS) is 15.5. The van der Waals surface area contributed by atoms with Crippen molar-refractivity contribution in [2.24, 2.45) is 0 Å². The van der Waals surface area contributed by atoms with Crippen LogP contribution >= 0.6 is 11.3 Å². The highest BCUT2D eigenvalue weighted by molar-refractivity contribution is 7.14. The molecule has 10 heteroatoms. The number of nitrogens with zero attached hydrogens (tertiary/aromatic N) is 3. The van der Waals surface area contributed by atoms with Crippen molar-refractivity contribution in [3.8, 4) is 28.3 Å². The number of ether oxygens (including phenoxy) is 1. The molecule has 9 nitrogen and oxygen atoms in total. The van der Waals surface area contributed by atoms with Gasteiger partial charge in [0.25, 0.3) is 5.91 Å². The zero-order chi connectivity index (χ0) is 33.2. The van der Waals surface area contributed by atoms with Crippen molar-refractivity contribution in [2.75, 3.05) is 6.54 Å². The molecule has 1 aliphatic heterocycles. The van der Waals surface area contributed by atoms with E-state index in [-0.39, 0.29) is 29.3 Å². The lowest BCUT2D eigenvalue weighted by atomic mass is 9.90. The lowest BCUT2D eigenvalue weighted by Crippen LogP contribution is -2.61. The minimum absolute atomic E-state index is 0.102. The third kappa shape index (κ3) is 7.80. The number of aromatic hydroxyl groups is 1. The molecule has 2 amide bonds. The first-order valence-electron chi connectivity index (χ1n) is 15.3. The minimum atomic E-state index is -0.852. The number of phenolic OH excluding ortho intramolecular Hbond substituents is 1. The van der Waals surface area contributed by atoms with Crippen molar-refractivity contribution in [3.63, 3.8) is 0 Å². The molecule has 5 rings (SSSR count). The summed E-state index contributed by atoms with van der Waals surface area (Å²) in [5, 5.41) is 12.5. The molecule has 1 unspecified atom stereocenters. The maximum Gasteiger partial charge on any atom is 0.410 e. The molecule has 46 heavy (non-hydrogen) atoms. The average Bonchev–Trinajstić information content (AvgIpc) is 3.48. The van der Waals surface area contributed by atoms with Gasteiger partial charge in [0.2, 0.25) is 0 Å². The van der Waals surface area contributed by atoms with E-state index in [0.717, 1.165) is 27.1 Å². The number of hydrogen-bond donors (Lipinski definition) is 2. The van der Waals surface area contributed by atoms with Crippen LogP contribution in [0.25, 0.3) is 22.5 Å². The predicted octanol–water partition coefficient (Wildman–Crippen LogP) is 6.79. The second kappa shape index (κ2) is 13.0. The van der Waals surface area contributed by atoms with E-state index in [0.29, 0.717) is 23.7 Å². The number of amides is 2. The fourth-order valence-corrected chi connectivity index (χ4v) is 6.04. The van der Waals surface area contributed by atoms with E-state index in [1.165, 1.54) is 16.2 Å². The van der Waals surface area contributed by atoms with Crippen LogP contribution in [0, 0.1) is 0 Å². The van der Waals surface area contributed by atoms with Gasteiger partial charge in [-0.1, -0.05) is 57.2 Å². The number of benzene rings is 2. The number of ketones is 1. The Kier molecular flexibility index (Phi) is 9.30. The Morgan fingerprint density at radius 3 is 2.09 bits per heavy atom. The molecule has 0 saturated carbocycles. The number of aromatic nitrogens is 2. The SMILES string of the molecule is CC(C)(C)OC(=O)N1CC[C@H]1C(=O)C(Cc1ccc(-c2ncc(-c3ccc(O)cc3)cn2)cc1)NC(=O)c1ccc(C(C)(C)C)s1. The first kappa shape index (κ1) is 32.8. The number of carbonyl (C=O) groups excluding carboxylic acids is 3. The summed E-state index contributed by atoms with van der Waals surface area (Å²) in [5.74, 6) is 0.194. The standard InChI is InChI=1S/C36H40N4O5S/c1-35(2,3)30-16-15-29(46-30)33(43)39-27(31(42)28-17-18-40(28)34(44)45-36(4,5)6)19-22-7-9-24(10-8-22)32-37-20-25(21-38-32)23-11-13-26(41)14-12-23/h7-16,20-21,27-28,41H,17-19H2,1-6H3,(H,39,43)/t27?,28-/m0/s1. The number of rotatable bonds is 8. The largest absolute Gasteiger partial charge is 0.508 e. The quantitative estimate of drug-likeness (QED) is 0.217. The molecule has 2 aromatic heterocycles. The summed E-state index contributed by atoms with van der Waals surface area (Å²) in [6.45, 7) is 12.1. The Morgan fingerprint density at radius 2 is 1.54 bits per heavy atom. The molecule has 2 atom stereocenters. The zero-order valence-electron chi connectivity index (χ0n) is 27.0. The molecule has 1 aliphatic rings. The number of phenols is 1. The van der Waals surface area contributed by atoms with E-state index in [1.54, 1.807) is 63.5 Å². The molecule has 1 saturated heterocycles. The molecule has 3 heterocycles. The van der Waals surface area contributed by atoms with E-state index >= 15 is 0 Å². The highest BCUT2D eigenvalue weighted by atomic mass is 32.1. The summed E-state index contributed by atoms with van der Waals surface area (Å²) >= 11 is 1.41. The van der Waals surface area contributed by atoms with Gasteiger partial charge in [-0.05, 0) is 74.4 Å². The summed E-state index contributed by atoms with van der Waals surface area (Å²) in [6.07, 6.45) is 3.70. The van der Waals surface area contributed by atoms with E-state index in [1.807, 2.05) is 30.3 Å². The molecule has 0 aliphatic carbocycles. The predicted molar refractivity (Wildman–Crippen MR) is 179 cm³/mol. The number of carbonyl (C=O) groups is 3. The van der Waals surface area contributed by atoms with Crippen molar-refractivity contribution >= 4 is 29.1 Å². The van der Waals surface area contributed by atoms with Gasteiger partial charge in [-0.25, -0.2) is 14.8 Å². The van der Waals surface area contributed by atoms with Crippen molar-refractivity contribution in [1.29, 1.82) is 0 Å². The second-order valence-electron chi connectivity index (χ2n) is 13.6. The van der Waals surface area contributed by atoms with Crippen molar-refractivity contribution in [3.05, 3.63) is 88.4 Å². The molecular weight excluding hydrogens is 600 g/mol. The fraction of sp³-hybridized carbons (Fsp3) is 0.361. The van der Waals surface area contributed by atoms with Crippen LogP contribution in [-0.4, -0.2) is 62.0 Å². The van der Waals surface area contributed by atoms with Gasteiger partial charge in [0.05, 0.1) is 17.0 Å². The van der Waals surface area contributed by atoms with Crippen molar-refractivity contribution in [1.82, 2.24) is 20.2 Å². The molecule has 2 aromatic carbocycles. The van der Waals surface area contributed by atoms with Gasteiger partial charge in [0, 0.05) is 34.9 Å². The second-order valence-corrected chi connectivity index (χ2v) is 14.6. The van der Waals surface area contributed by atoms with Gasteiger partial charge >= 0.3 is 6.09 Å². The number of hydrogen-bond acceptors (Lipinski definition) is 8. The van der Waals surface area contributed by atoms with Gasteiger partial charge < -0.3 is 15.2 Å². The number of Topliss-reactive ketones (excluding diaryl/α,β-unsaturated/α-hetero) is 1. The highest BCUT2D eigenvalue weighted by Gasteiger charge is 2.42. The van der Waals surface area contributed by atoms with Crippen LogP contribution in [0.2, 0.25) is 0 Å². The molecule has 0 spiro atoms. The maximum absolute atomic E-state index is 13.9. The Hall–Kier alpha value is -4.57. The molecule has 1 fully saturated rings. The molecule has 240 valence electrons. The van der Waals surface area contributed by atoms with Crippen LogP contribution in [0.5, 0.6) is 5.75 Å². The zero-order valence-corrected chi connectivity index (χ0v) is 27.9. The number of thiophene rings is 1. The molecule has 0 radical (unpaired) electrons. The summed E-state index contributed by atoms with van der Waals surface area (Å²) in [7, 11) is 0. The maximum atomic E-state index is 13.9. The topological polar surface area (TPSA) is 122 Å². The van der Waals surface area contributed by atoms with Crippen LogP contribution in [0.1, 0.15) is 68.1 Å². The Bertz CT molecular complexity index is 1700. The fourth-order valence-electron chi connectivity index (χ4n) is 5.08. The highest BCUT2D eigenvalue weighted by Crippen LogP contribution is 2.30. The Morgan fingerprint density at radius 1 is 0.913 bits per heavy atom. The van der Waals surface area contributed by atoms with Gasteiger partial charge in [-0.2, -0.15) is 0 Å². The van der Waals surface area contributed by atoms with E-state index < -0.39 is 23.8 Å². The van der Waals surface area contributed by atoms with Crippen LogP contribution in [-0.2, 0) is 21.4 Å². The van der Waals surface area contributed by atoms with Crippen LogP contribution in [0.15, 0.2) is 73.1 Å². The molecular formula is C36H40N4O5S. The third-order valence-corrected chi connectivity index (χ3v) is 9.21. The molecule has 4 aromatic rings. The first-order valence-corrected chi connectivity index (χ1v) is 16.1. The summed E-state index contributed by atoms with van der Waals surface area (Å²) in [5.41, 5.74) is 2.58. The summed E-state index contributed by atoms with van der Waals surface area (Å²) in [4.78, 5) is 52.2. The third-order valence-electron chi connectivity index (χ3n) is 7.70. The van der Waals surface area contributed by atoms with E-state index in [2.05, 4.69) is 36.1 Å². The Balaban J connectivity index is 1.34. The summed E-state index contributed by atoms with van der Waals surface area (Å²) < 4.78 is 5.52.